The van der Waals surface area contributed by atoms with Gasteiger partial charge in [-0.1, -0.05) is 0 Å². The number of likely N-dealkylation sites (N-methyl/N-ethyl adjacent to an activating group) is 1. The summed E-state index contributed by atoms with van der Waals surface area (Å²) in [6.07, 6.45) is 2.74. The first-order valence-electron chi connectivity index (χ1n) is 6.67. The van der Waals surface area contributed by atoms with Gasteiger partial charge in [0.05, 0.1) is 12.7 Å². The second-order valence-electron chi connectivity index (χ2n) is 5.02. The van der Waals surface area contributed by atoms with Crippen LogP contribution in [0.15, 0.2) is 6.33 Å². The van der Waals surface area contributed by atoms with E-state index in [1.165, 1.54) is 6.33 Å². The van der Waals surface area contributed by atoms with E-state index in [0.717, 1.165) is 0 Å². The van der Waals surface area contributed by atoms with Gasteiger partial charge in [-0.2, -0.15) is 0 Å². The molecule has 112 valence electrons. The standard InChI is InChI=1S/C13H22N4O3/c1-14-11-10(19-3)12(16-9-15-11)17(2)8-13(18)4-6-20-7-5-13/h9,18H,4-8H2,1-3H3,(H,14,15,16). The smallest absolute Gasteiger partial charge is 0.204 e. The topological polar surface area (TPSA) is 79.7 Å². The summed E-state index contributed by atoms with van der Waals surface area (Å²) < 4.78 is 10.7. The lowest BCUT2D eigenvalue weighted by atomic mass is 9.94. The van der Waals surface area contributed by atoms with Gasteiger partial charge in [0.25, 0.3) is 0 Å². The minimum atomic E-state index is -0.747. The molecular formula is C13H22N4O3. The SMILES string of the molecule is CNc1ncnc(N(C)CC2(O)CCOCC2)c1OC. The molecule has 1 fully saturated rings. The summed E-state index contributed by atoms with van der Waals surface area (Å²) in [6.45, 7) is 1.66. The van der Waals surface area contributed by atoms with E-state index < -0.39 is 5.60 Å². The second kappa shape index (κ2) is 6.23. The van der Waals surface area contributed by atoms with E-state index in [9.17, 15) is 5.11 Å². The van der Waals surface area contributed by atoms with Crippen LogP contribution in [0.4, 0.5) is 11.6 Å². The summed E-state index contributed by atoms with van der Waals surface area (Å²) >= 11 is 0. The van der Waals surface area contributed by atoms with Crippen molar-refractivity contribution >= 4 is 11.6 Å². The molecule has 1 saturated heterocycles. The number of ether oxygens (including phenoxy) is 2. The van der Waals surface area contributed by atoms with Crippen LogP contribution in [0.3, 0.4) is 0 Å². The number of anilines is 2. The van der Waals surface area contributed by atoms with Crippen LogP contribution in [-0.4, -0.2) is 61.6 Å². The van der Waals surface area contributed by atoms with Crippen molar-refractivity contribution in [1.82, 2.24) is 9.97 Å². The van der Waals surface area contributed by atoms with Crippen molar-refractivity contribution in [3.05, 3.63) is 6.33 Å². The third kappa shape index (κ3) is 3.10. The van der Waals surface area contributed by atoms with Gasteiger partial charge in [0, 0.05) is 46.7 Å². The molecule has 7 heteroatoms. The zero-order valence-corrected chi connectivity index (χ0v) is 12.2. The minimum absolute atomic E-state index is 0.479. The van der Waals surface area contributed by atoms with Crippen LogP contribution in [0.1, 0.15) is 12.8 Å². The first kappa shape index (κ1) is 14.8. The average Bonchev–Trinajstić information content (AvgIpc) is 2.46. The third-order valence-corrected chi connectivity index (χ3v) is 3.54. The number of rotatable bonds is 5. The highest BCUT2D eigenvalue weighted by atomic mass is 16.5. The van der Waals surface area contributed by atoms with Gasteiger partial charge in [0.2, 0.25) is 5.75 Å². The Hall–Kier alpha value is -1.60. The Morgan fingerprint density at radius 3 is 2.75 bits per heavy atom. The molecule has 0 spiro atoms. The van der Waals surface area contributed by atoms with E-state index in [1.807, 2.05) is 11.9 Å². The van der Waals surface area contributed by atoms with Crippen molar-refractivity contribution in [2.75, 3.05) is 51.2 Å². The minimum Gasteiger partial charge on any atom is -0.490 e. The highest BCUT2D eigenvalue weighted by Gasteiger charge is 2.32. The molecule has 1 aromatic heterocycles. The van der Waals surface area contributed by atoms with Gasteiger partial charge in [-0.05, 0) is 0 Å². The summed E-state index contributed by atoms with van der Waals surface area (Å²) in [5.74, 6) is 1.86. The Kier molecular flexibility index (Phi) is 4.61. The maximum Gasteiger partial charge on any atom is 0.204 e. The van der Waals surface area contributed by atoms with Gasteiger partial charge in [-0.3, -0.25) is 0 Å². The molecule has 20 heavy (non-hydrogen) atoms. The van der Waals surface area contributed by atoms with Crippen LogP contribution in [0.5, 0.6) is 5.75 Å². The predicted octanol–water partition coefficient (Wildman–Crippen LogP) is 0.505. The van der Waals surface area contributed by atoms with Gasteiger partial charge in [-0.15, -0.1) is 0 Å². The Bertz CT molecular complexity index is 449. The van der Waals surface area contributed by atoms with Gasteiger partial charge < -0.3 is 24.8 Å². The Morgan fingerprint density at radius 1 is 1.45 bits per heavy atom. The molecule has 0 aromatic carbocycles. The maximum atomic E-state index is 10.6. The number of methoxy groups -OCH3 is 1. The molecule has 0 atom stereocenters. The Morgan fingerprint density at radius 2 is 2.15 bits per heavy atom. The van der Waals surface area contributed by atoms with E-state index in [-0.39, 0.29) is 0 Å². The molecule has 0 bridgehead atoms. The second-order valence-corrected chi connectivity index (χ2v) is 5.02. The highest BCUT2D eigenvalue weighted by molar-refractivity contribution is 5.64. The fourth-order valence-corrected chi connectivity index (χ4v) is 2.43. The molecule has 0 aliphatic carbocycles. The molecule has 0 unspecified atom stereocenters. The molecule has 2 N–H and O–H groups in total. The quantitative estimate of drug-likeness (QED) is 0.814. The summed E-state index contributed by atoms with van der Waals surface area (Å²) in [5, 5.41) is 13.5. The number of aromatic nitrogens is 2. The van der Waals surface area contributed by atoms with Crippen molar-refractivity contribution in [3.63, 3.8) is 0 Å². The third-order valence-electron chi connectivity index (χ3n) is 3.54. The molecular weight excluding hydrogens is 260 g/mol. The van der Waals surface area contributed by atoms with Gasteiger partial charge in [0.15, 0.2) is 11.6 Å². The van der Waals surface area contributed by atoms with Crippen LogP contribution < -0.4 is 15.0 Å². The van der Waals surface area contributed by atoms with E-state index >= 15 is 0 Å². The molecule has 0 saturated carbocycles. The van der Waals surface area contributed by atoms with Crippen LogP contribution in [-0.2, 0) is 4.74 Å². The molecule has 0 radical (unpaired) electrons. The van der Waals surface area contributed by atoms with Crippen molar-refractivity contribution in [3.8, 4) is 5.75 Å². The van der Waals surface area contributed by atoms with Crippen LogP contribution in [0, 0.1) is 0 Å². The first-order valence-corrected chi connectivity index (χ1v) is 6.67. The van der Waals surface area contributed by atoms with E-state index in [0.29, 0.717) is 50.0 Å². The van der Waals surface area contributed by atoms with Crippen LogP contribution in [0.25, 0.3) is 0 Å². The fourth-order valence-electron chi connectivity index (χ4n) is 2.43. The lowest BCUT2D eigenvalue weighted by Gasteiger charge is -2.36. The fraction of sp³-hybridized carbons (Fsp3) is 0.692. The average molecular weight is 282 g/mol. The summed E-state index contributed by atoms with van der Waals surface area (Å²) in [7, 11) is 5.25. The van der Waals surface area contributed by atoms with Gasteiger partial charge in [0.1, 0.15) is 6.33 Å². The monoisotopic (exact) mass is 282 g/mol. The number of hydrogen-bond donors (Lipinski definition) is 2. The lowest BCUT2D eigenvalue weighted by Crippen LogP contribution is -2.46. The molecule has 7 nitrogen and oxygen atoms in total. The molecule has 2 rings (SSSR count). The number of nitrogens with zero attached hydrogens (tertiary/aromatic N) is 3. The van der Waals surface area contributed by atoms with Crippen molar-refractivity contribution in [2.45, 2.75) is 18.4 Å². The summed E-state index contributed by atoms with van der Waals surface area (Å²) in [6, 6.07) is 0. The Labute approximate surface area is 118 Å². The normalized spacial score (nSPS) is 17.6. The molecule has 1 aliphatic rings. The van der Waals surface area contributed by atoms with Crippen molar-refractivity contribution in [1.29, 1.82) is 0 Å². The summed E-state index contributed by atoms with van der Waals surface area (Å²) in [4.78, 5) is 10.3. The zero-order chi connectivity index (χ0) is 14.6. The van der Waals surface area contributed by atoms with Crippen molar-refractivity contribution < 1.29 is 14.6 Å². The lowest BCUT2D eigenvalue weighted by molar-refractivity contribution is -0.0573. The molecule has 1 aliphatic heterocycles. The van der Waals surface area contributed by atoms with Crippen molar-refractivity contribution in [2.24, 2.45) is 0 Å². The largest absolute Gasteiger partial charge is 0.490 e. The van der Waals surface area contributed by atoms with Crippen LogP contribution in [0.2, 0.25) is 0 Å². The van der Waals surface area contributed by atoms with Gasteiger partial charge >= 0.3 is 0 Å². The predicted molar refractivity (Wildman–Crippen MR) is 76.4 cm³/mol. The number of nitrogens with one attached hydrogen (secondary N) is 1. The van der Waals surface area contributed by atoms with E-state index in [4.69, 9.17) is 9.47 Å². The molecule has 0 amide bonds. The Balaban J connectivity index is 2.18. The molecule has 1 aromatic rings. The summed E-state index contributed by atoms with van der Waals surface area (Å²) in [5.41, 5.74) is -0.747. The number of hydrogen-bond acceptors (Lipinski definition) is 7. The van der Waals surface area contributed by atoms with Gasteiger partial charge in [-0.25, -0.2) is 9.97 Å². The molecule has 2 heterocycles. The zero-order valence-electron chi connectivity index (χ0n) is 12.2. The van der Waals surface area contributed by atoms with Crippen LogP contribution >= 0.6 is 0 Å². The van der Waals surface area contributed by atoms with E-state index in [1.54, 1.807) is 14.2 Å². The number of aliphatic hydroxyl groups is 1. The van der Waals surface area contributed by atoms with E-state index in [2.05, 4.69) is 15.3 Å². The first-order chi connectivity index (χ1) is 9.59. The maximum absolute atomic E-state index is 10.6. The highest BCUT2D eigenvalue weighted by Crippen LogP contribution is 2.32.